The zero-order chi connectivity index (χ0) is 11.8. The summed E-state index contributed by atoms with van der Waals surface area (Å²) in [6.45, 7) is 0. The number of benzene rings is 1. The number of halogens is 1. The summed E-state index contributed by atoms with van der Waals surface area (Å²) in [5, 5.41) is 2.98. The molecule has 2 bridgehead atoms. The van der Waals surface area contributed by atoms with E-state index < -0.39 is 6.17 Å². The molecule has 90 valence electrons. The van der Waals surface area contributed by atoms with Gasteiger partial charge in [-0.3, -0.25) is 4.79 Å². The van der Waals surface area contributed by atoms with E-state index >= 15 is 0 Å². The van der Waals surface area contributed by atoms with Gasteiger partial charge in [0.15, 0.2) is 0 Å². The van der Waals surface area contributed by atoms with E-state index in [9.17, 15) is 9.18 Å². The van der Waals surface area contributed by atoms with Gasteiger partial charge in [0.2, 0.25) is 0 Å². The number of nitrogens with one attached hydrogen (secondary N) is 1. The molecule has 17 heavy (non-hydrogen) atoms. The van der Waals surface area contributed by atoms with Crippen molar-refractivity contribution in [2.75, 3.05) is 0 Å². The van der Waals surface area contributed by atoms with Crippen molar-refractivity contribution in [3.8, 4) is 0 Å². The third kappa shape index (κ3) is 1.84. The maximum absolute atomic E-state index is 13.7. The summed E-state index contributed by atoms with van der Waals surface area (Å²) in [5.41, 5.74) is 0.658. The fourth-order valence-corrected chi connectivity index (χ4v) is 3.25. The molecule has 0 saturated heterocycles. The maximum Gasteiger partial charge on any atom is 0.251 e. The summed E-state index contributed by atoms with van der Waals surface area (Å²) in [7, 11) is 0. The monoisotopic (exact) mass is 233 g/mol. The number of amides is 1. The minimum Gasteiger partial charge on any atom is -0.349 e. The van der Waals surface area contributed by atoms with Crippen LogP contribution in [0.2, 0.25) is 0 Å². The zero-order valence-electron chi connectivity index (χ0n) is 9.60. The van der Waals surface area contributed by atoms with Gasteiger partial charge < -0.3 is 5.32 Å². The Kier molecular flexibility index (Phi) is 2.61. The van der Waals surface area contributed by atoms with E-state index in [0.717, 1.165) is 19.3 Å². The molecule has 3 rings (SSSR count). The normalized spacial score (nSPS) is 34.9. The minimum atomic E-state index is -0.698. The third-order valence-corrected chi connectivity index (χ3v) is 4.16. The summed E-state index contributed by atoms with van der Waals surface area (Å²) >= 11 is 0. The summed E-state index contributed by atoms with van der Waals surface area (Å²) in [4.78, 5) is 12.0. The highest BCUT2D eigenvalue weighted by Crippen LogP contribution is 2.46. The van der Waals surface area contributed by atoms with Gasteiger partial charge in [-0.2, -0.15) is 0 Å². The molecule has 1 N–H and O–H groups in total. The van der Waals surface area contributed by atoms with Crippen LogP contribution in [0.5, 0.6) is 0 Å². The van der Waals surface area contributed by atoms with Crippen LogP contribution in [0.4, 0.5) is 4.39 Å². The quantitative estimate of drug-likeness (QED) is 0.835. The Morgan fingerprint density at radius 3 is 2.59 bits per heavy atom. The fourth-order valence-electron chi connectivity index (χ4n) is 3.25. The lowest BCUT2D eigenvalue weighted by molar-refractivity contribution is 0.0919. The Balaban J connectivity index is 1.67. The molecule has 1 aromatic rings. The molecule has 2 nitrogen and oxygen atoms in total. The van der Waals surface area contributed by atoms with Gasteiger partial charge in [0, 0.05) is 17.5 Å². The Hall–Kier alpha value is -1.38. The van der Waals surface area contributed by atoms with E-state index in [1.54, 1.807) is 12.1 Å². The van der Waals surface area contributed by atoms with E-state index in [2.05, 4.69) is 5.32 Å². The average molecular weight is 233 g/mol. The fraction of sp³-hybridized carbons (Fsp3) is 0.500. The second-order valence-corrected chi connectivity index (χ2v) is 5.13. The summed E-state index contributed by atoms with van der Waals surface area (Å²) in [5.74, 6) is 0.157. The van der Waals surface area contributed by atoms with Crippen LogP contribution in [-0.2, 0) is 0 Å². The number of carbonyl (C=O) groups is 1. The van der Waals surface area contributed by atoms with E-state index in [1.807, 2.05) is 18.2 Å². The van der Waals surface area contributed by atoms with Crippen LogP contribution in [0, 0.1) is 11.8 Å². The number of hydrogen-bond donors (Lipinski definition) is 1. The number of rotatable bonds is 2. The summed E-state index contributed by atoms with van der Waals surface area (Å²) in [6, 6.07) is 9.18. The highest BCUT2D eigenvalue weighted by molar-refractivity contribution is 5.94. The second-order valence-electron chi connectivity index (χ2n) is 5.13. The molecule has 1 amide bonds. The van der Waals surface area contributed by atoms with Crippen molar-refractivity contribution in [2.45, 2.75) is 31.5 Å². The van der Waals surface area contributed by atoms with Crippen LogP contribution in [0.3, 0.4) is 0 Å². The first kappa shape index (κ1) is 10.8. The number of alkyl halides is 1. The third-order valence-electron chi connectivity index (χ3n) is 4.16. The van der Waals surface area contributed by atoms with Gasteiger partial charge in [0.05, 0.1) is 0 Å². The maximum atomic E-state index is 13.7. The first-order chi connectivity index (χ1) is 8.25. The van der Waals surface area contributed by atoms with Crippen molar-refractivity contribution in [1.82, 2.24) is 5.32 Å². The minimum absolute atomic E-state index is 0.0384. The van der Waals surface area contributed by atoms with Crippen LogP contribution in [0.1, 0.15) is 29.6 Å². The number of carbonyl (C=O) groups excluding carboxylic acids is 1. The molecule has 1 aromatic carbocycles. The number of hydrogen-bond acceptors (Lipinski definition) is 1. The van der Waals surface area contributed by atoms with Gasteiger partial charge >= 0.3 is 0 Å². The Morgan fingerprint density at radius 2 is 2.00 bits per heavy atom. The largest absolute Gasteiger partial charge is 0.349 e. The zero-order valence-corrected chi connectivity index (χ0v) is 9.60. The lowest BCUT2D eigenvalue weighted by atomic mass is 9.95. The van der Waals surface area contributed by atoms with Crippen molar-refractivity contribution in [1.29, 1.82) is 0 Å². The molecule has 0 heterocycles. The molecule has 4 unspecified atom stereocenters. The standard InChI is InChI=1S/C14H16FNO/c15-13-10-6-7-11(13)12(8-10)16-14(17)9-4-2-1-3-5-9/h1-5,10-13H,6-8H2,(H,16,17). The first-order valence-corrected chi connectivity index (χ1v) is 6.25. The molecule has 0 spiro atoms. The van der Waals surface area contributed by atoms with Crippen molar-refractivity contribution < 1.29 is 9.18 Å². The SMILES string of the molecule is O=C(NC1CC2CCC1C2F)c1ccccc1. The van der Waals surface area contributed by atoms with Gasteiger partial charge in [-0.15, -0.1) is 0 Å². The van der Waals surface area contributed by atoms with E-state index in [0.29, 0.717) is 5.56 Å². The smallest absolute Gasteiger partial charge is 0.251 e. The molecule has 2 fully saturated rings. The lowest BCUT2D eigenvalue weighted by Gasteiger charge is -2.22. The summed E-state index contributed by atoms with van der Waals surface area (Å²) in [6.07, 6.45) is 2.02. The van der Waals surface area contributed by atoms with Gasteiger partial charge in [-0.25, -0.2) is 4.39 Å². The molecule has 4 atom stereocenters. The van der Waals surface area contributed by atoms with Crippen LogP contribution < -0.4 is 5.32 Å². The van der Waals surface area contributed by atoms with Crippen LogP contribution in [0.25, 0.3) is 0 Å². The Labute approximate surface area is 100 Å². The van der Waals surface area contributed by atoms with Crippen molar-refractivity contribution >= 4 is 5.91 Å². The molecule has 2 aliphatic carbocycles. The molecule has 0 aromatic heterocycles. The van der Waals surface area contributed by atoms with Crippen molar-refractivity contribution in [2.24, 2.45) is 11.8 Å². The topological polar surface area (TPSA) is 29.1 Å². The highest BCUT2D eigenvalue weighted by atomic mass is 19.1. The molecule has 2 saturated carbocycles. The Morgan fingerprint density at radius 1 is 1.24 bits per heavy atom. The first-order valence-electron chi connectivity index (χ1n) is 6.25. The highest BCUT2D eigenvalue weighted by Gasteiger charge is 2.48. The van der Waals surface area contributed by atoms with E-state index in [1.165, 1.54) is 0 Å². The van der Waals surface area contributed by atoms with Gasteiger partial charge in [0.1, 0.15) is 6.17 Å². The predicted molar refractivity (Wildman–Crippen MR) is 63.4 cm³/mol. The molecular formula is C14H16FNO. The molecular weight excluding hydrogens is 217 g/mol. The molecule has 2 aliphatic rings. The van der Waals surface area contributed by atoms with E-state index in [-0.39, 0.29) is 23.8 Å². The molecule has 3 heteroatoms. The van der Waals surface area contributed by atoms with Gasteiger partial charge in [0.25, 0.3) is 5.91 Å². The Bertz CT molecular complexity index is 419. The van der Waals surface area contributed by atoms with Crippen LogP contribution in [-0.4, -0.2) is 18.1 Å². The number of fused-ring (bicyclic) bond motifs is 2. The average Bonchev–Trinajstić information content (AvgIpc) is 2.86. The van der Waals surface area contributed by atoms with Crippen LogP contribution in [0.15, 0.2) is 30.3 Å². The van der Waals surface area contributed by atoms with Gasteiger partial charge in [-0.05, 0) is 37.3 Å². The van der Waals surface area contributed by atoms with Crippen molar-refractivity contribution in [3.63, 3.8) is 0 Å². The van der Waals surface area contributed by atoms with Gasteiger partial charge in [-0.1, -0.05) is 18.2 Å². The lowest BCUT2D eigenvalue weighted by Crippen LogP contribution is -2.39. The van der Waals surface area contributed by atoms with Crippen molar-refractivity contribution in [3.05, 3.63) is 35.9 Å². The second kappa shape index (κ2) is 4.13. The summed E-state index contributed by atoms with van der Waals surface area (Å²) < 4.78 is 13.7. The van der Waals surface area contributed by atoms with E-state index in [4.69, 9.17) is 0 Å². The molecule has 0 aliphatic heterocycles. The van der Waals surface area contributed by atoms with Crippen LogP contribution >= 0.6 is 0 Å². The molecule has 0 radical (unpaired) electrons. The predicted octanol–water partition coefficient (Wildman–Crippen LogP) is 2.55.